The van der Waals surface area contributed by atoms with Crippen molar-refractivity contribution in [3.8, 4) is 0 Å². The van der Waals surface area contributed by atoms with Gasteiger partial charge in [-0.2, -0.15) is 0 Å². The van der Waals surface area contributed by atoms with Crippen molar-refractivity contribution in [1.29, 1.82) is 0 Å². The summed E-state index contributed by atoms with van der Waals surface area (Å²) < 4.78 is 0. The third-order valence-electron chi connectivity index (χ3n) is 6.85. The first-order valence-electron chi connectivity index (χ1n) is 7.03. The van der Waals surface area contributed by atoms with Crippen LogP contribution in [-0.4, -0.2) is 12.1 Å². The molecule has 6 bridgehead atoms. The van der Waals surface area contributed by atoms with Crippen molar-refractivity contribution in [2.75, 3.05) is 0 Å². The summed E-state index contributed by atoms with van der Waals surface area (Å²) in [6, 6.07) is 1.64. The quantitative estimate of drug-likeness (QED) is 0.725. The fourth-order valence-electron chi connectivity index (χ4n) is 7.23. The average Bonchev–Trinajstić information content (AvgIpc) is 2.80. The summed E-state index contributed by atoms with van der Waals surface area (Å²) in [6.45, 7) is 4.66. The van der Waals surface area contributed by atoms with E-state index in [1.54, 1.807) is 12.8 Å². The molecule has 6 saturated carbocycles. The second-order valence-corrected chi connectivity index (χ2v) is 7.28. The molecule has 0 heterocycles. The molecule has 8 unspecified atom stereocenters. The first-order valence-corrected chi connectivity index (χ1v) is 7.03. The van der Waals surface area contributed by atoms with E-state index >= 15 is 0 Å². The molecule has 8 atom stereocenters. The molecular formula is C14H21N. The Hall–Kier alpha value is -0.0400. The van der Waals surface area contributed by atoms with Crippen LogP contribution in [0.15, 0.2) is 0 Å². The van der Waals surface area contributed by atoms with Gasteiger partial charge in [-0.1, -0.05) is 13.8 Å². The summed E-state index contributed by atoms with van der Waals surface area (Å²) >= 11 is 0. The molecule has 6 aliphatic rings. The van der Waals surface area contributed by atoms with Gasteiger partial charge in [-0.05, 0) is 60.2 Å². The van der Waals surface area contributed by atoms with Gasteiger partial charge in [0.25, 0.3) is 0 Å². The number of rotatable bonds is 2. The molecule has 1 heteroatoms. The minimum absolute atomic E-state index is 0.699. The molecule has 6 rings (SSSR count). The van der Waals surface area contributed by atoms with Crippen molar-refractivity contribution < 1.29 is 0 Å². The molecule has 0 aliphatic heterocycles. The molecule has 0 aromatic carbocycles. The van der Waals surface area contributed by atoms with E-state index in [-0.39, 0.29) is 0 Å². The molecule has 0 aromatic rings. The molecule has 6 fully saturated rings. The maximum atomic E-state index is 3.92. The first kappa shape index (κ1) is 8.11. The first-order chi connectivity index (χ1) is 7.27. The fraction of sp³-hybridized carbons (Fsp3) is 1.00. The lowest BCUT2D eigenvalue weighted by Crippen LogP contribution is -2.39. The Morgan fingerprint density at radius 2 is 1.33 bits per heavy atom. The standard InChI is InChI=1S/C14H21N/c1-5(2)15-14-12-8-3-6-7-4-9(10(6)12)13(14)11(7)8/h5-15H,3-4H2,1-2H3. The summed E-state index contributed by atoms with van der Waals surface area (Å²) in [7, 11) is 0. The predicted octanol–water partition coefficient (Wildman–Crippen LogP) is 2.13. The van der Waals surface area contributed by atoms with Crippen molar-refractivity contribution >= 4 is 0 Å². The van der Waals surface area contributed by atoms with Gasteiger partial charge in [0.15, 0.2) is 0 Å². The highest BCUT2D eigenvalue weighted by atomic mass is 15.0. The van der Waals surface area contributed by atoms with Gasteiger partial charge in [0, 0.05) is 12.1 Å². The molecular weight excluding hydrogens is 182 g/mol. The Labute approximate surface area is 92.0 Å². The summed E-state index contributed by atoms with van der Waals surface area (Å²) in [5, 5.41) is 3.92. The Balaban J connectivity index is 1.60. The Morgan fingerprint density at radius 1 is 0.800 bits per heavy atom. The van der Waals surface area contributed by atoms with Crippen LogP contribution in [0.2, 0.25) is 0 Å². The highest BCUT2D eigenvalue weighted by molar-refractivity contribution is 5.29. The normalized spacial score (nSPS) is 71.0. The van der Waals surface area contributed by atoms with Crippen LogP contribution in [-0.2, 0) is 0 Å². The largest absolute Gasteiger partial charge is 0.311 e. The second-order valence-electron chi connectivity index (χ2n) is 7.28. The third kappa shape index (κ3) is 0.638. The van der Waals surface area contributed by atoms with E-state index in [0.717, 1.165) is 17.9 Å². The van der Waals surface area contributed by atoms with Crippen LogP contribution in [0.5, 0.6) is 0 Å². The number of hydrogen-bond donors (Lipinski definition) is 1. The topological polar surface area (TPSA) is 12.0 Å². The van der Waals surface area contributed by atoms with E-state index in [2.05, 4.69) is 19.2 Å². The molecule has 0 aromatic heterocycles. The summed E-state index contributed by atoms with van der Waals surface area (Å²) in [5.74, 6) is 9.36. The average molecular weight is 203 g/mol. The van der Waals surface area contributed by atoms with Crippen LogP contribution in [0.1, 0.15) is 26.7 Å². The Bertz CT molecular complexity index is 308. The summed E-state index contributed by atoms with van der Waals surface area (Å²) in [5.41, 5.74) is 0. The highest BCUT2D eigenvalue weighted by Crippen LogP contribution is 2.82. The zero-order valence-electron chi connectivity index (χ0n) is 9.69. The van der Waals surface area contributed by atoms with Gasteiger partial charge in [-0.25, -0.2) is 0 Å². The predicted molar refractivity (Wildman–Crippen MR) is 59.2 cm³/mol. The van der Waals surface area contributed by atoms with Crippen LogP contribution in [0.4, 0.5) is 0 Å². The van der Waals surface area contributed by atoms with E-state index < -0.39 is 0 Å². The smallest absolute Gasteiger partial charge is 0.0137 e. The lowest BCUT2D eigenvalue weighted by molar-refractivity contribution is 0.132. The zero-order chi connectivity index (χ0) is 9.89. The number of hydrogen-bond acceptors (Lipinski definition) is 1. The monoisotopic (exact) mass is 203 g/mol. The lowest BCUT2D eigenvalue weighted by atomic mass is 9.71. The van der Waals surface area contributed by atoms with E-state index in [4.69, 9.17) is 0 Å². The van der Waals surface area contributed by atoms with Crippen molar-refractivity contribution in [2.45, 2.75) is 38.8 Å². The maximum Gasteiger partial charge on any atom is 0.0137 e. The Morgan fingerprint density at radius 3 is 1.80 bits per heavy atom. The van der Waals surface area contributed by atoms with Crippen LogP contribution in [0.25, 0.3) is 0 Å². The van der Waals surface area contributed by atoms with Crippen molar-refractivity contribution in [3.05, 3.63) is 0 Å². The van der Waals surface area contributed by atoms with Crippen LogP contribution in [0, 0.1) is 47.3 Å². The molecule has 1 nitrogen and oxygen atoms in total. The van der Waals surface area contributed by atoms with Crippen LogP contribution >= 0.6 is 0 Å². The van der Waals surface area contributed by atoms with Crippen molar-refractivity contribution in [2.24, 2.45) is 47.3 Å². The minimum Gasteiger partial charge on any atom is -0.311 e. The molecule has 0 radical (unpaired) electrons. The van der Waals surface area contributed by atoms with Crippen molar-refractivity contribution in [3.63, 3.8) is 0 Å². The van der Waals surface area contributed by atoms with Crippen molar-refractivity contribution in [1.82, 2.24) is 5.32 Å². The van der Waals surface area contributed by atoms with E-state index in [0.29, 0.717) is 6.04 Å². The third-order valence-corrected chi connectivity index (χ3v) is 6.85. The molecule has 0 saturated heterocycles. The molecule has 0 amide bonds. The lowest BCUT2D eigenvalue weighted by Gasteiger charge is -2.33. The molecule has 0 spiro atoms. The van der Waals surface area contributed by atoms with Gasteiger partial charge in [0.05, 0.1) is 0 Å². The van der Waals surface area contributed by atoms with Gasteiger partial charge in [-0.3, -0.25) is 0 Å². The molecule has 6 aliphatic carbocycles. The summed E-state index contributed by atoms with van der Waals surface area (Å²) in [6.07, 6.45) is 3.27. The number of nitrogens with one attached hydrogen (secondary N) is 1. The van der Waals surface area contributed by atoms with Gasteiger partial charge >= 0.3 is 0 Å². The fourth-order valence-corrected chi connectivity index (χ4v) is 7.23. The highest BCUT2D eigenvalue weighted by Gasteiger charge is 2.80. The Kier molecular flexibility index (Phi) is 1.17. The molecule has 82 valence electrons. The SMILES string of the molecule is CC(C)NC1C2C3CC4C5CC(C42)C1C53. The van der Waals surface area contributed by atoms with E-state index in [1.807, 2.05) is 0 Å². The van der Waals surface area contributed by atoms with Gasteiger partial charge in [0.1, 0.15) is 0 Å². The van der Waals surface area contributed by atoms with Gasteiger partial charge in [-0.15, -0.1) is 0 Å². The van der Waals surface area contributed by atoms with Crippen LogP contribution < -0.4 is 5.32 Å². The van der Waals surface area contributed by atoms with E-state index in [9.17, 15) is 0 Å². The second kappa shape index (κ2) is 2.16. The summed E-state index contributed by atoms with van der Waals surface area (Å²) in [4.78, 5) is 0. The van der Waals surface area contributed by atoms with Gasteiger partial charge in [0.2, 0.25) is 0 Å². The van der Waals surface area contributed by atoms with E-state index in [1.165, 1.54) is 35.5 Å². The maximum absolute atomic E-state index is 3.92. The molecule has 1 N–H and O–H groups in total. The van der Waals surface area contributed by atoms with Crippen LogP contribution in [0.3, 0.4) is 0 Å². The zero-order valence-corrected chi connectivity index (χ0v) is 9.69. The van der Waals surface area contributed by atoms with Gasteiger partial charge < -0.3 is 5.32 Å². The molecule has 15 heavy (non-hydrogen) atoms. The minimum atomic E-state index is 0.699.